The summed E-state index contributed by atoms with van der Waals surface area (Å²) in [5.41, 5.74) is 1.29. The van der Waals surface area contributed by atoms with E-state index < -0.39 is 0 Å². The number of rotatable bonds is 10. The third-order valence-corrected chi connectivity index (χ3v) is 3.88. The molecular weight excluding hydrogens is 276 g/mol. The summed E-state index contributed by atoms with van der Waals surface area (Å²) in [7, 11) is 0. The molecule has 124 valence electrons. The summed E-state index contributed by atoms with van der Waals surface area (Å²) in [6.07, 6.45) is 3.53. The molecular formula is C18H30N2O2. The van der Waals surface area contributed by atoms with Gasteiger partial charge in [0.25, 0.3) is 0 Å². The van der Waals surface area contributed by atoms with Gasteiger partial charge in [-0.15, -0.1) is 0 Å². The molecule has 22 heavy (non-hydrogen) atoms. The number of unbranched alkanes of at least 4 members (excludes halogenated alkanes) is 1. The van der Waals surface area contributed by atoms with Crippen molar-refractivity contribution in [2.45, 2.75) is 32.7 Å². The highest BCUT2D eigenvalue weighted by Gasteiger charge is 2.08. The maximum Gasteiger partial charge on any atom is 0.119 e. The van der Waals surface area contributed by atoms with Gasteiger partial charge in [0.2, 0.25) is 0 Å². The van der Waals surface area contributed by atoms with Gasteiger partial charge in [-0.25, -0.2) is 0 Å². The van der Waals surface area contributed by atoms with Crippen molar-refractivity contribution < 1.29 is 9.47 Å². The van der Waals surface area contributed by atoms with Crippen LogP contribution in [0.4, 0.5) is 0 Å². The van der Waals surface area contributed by atoms with E-state index in [9.17, 15) is 0 Å². The van der Waals surface area contributed by atoms with E-state index in [0.29, 0.717) is 0 Å². The average Bonchev–Trinajstić information content (AvgIpc) is 2.57. The number of ether oxygens (including phenoxy) is 2. The van der Waals surface area contributed by atoms with E-state index in [0.717, 1.165) is 58.2 Å². The van der Waals surface area contributed by atoms with E-state index in [4.69, 9.17) is 9.47 Å². The van der Waals surface area contributed by atoms with Crippen LogP contribution < -0.4 is 10.1 Å². The van der Waals surface area contributed by atoms with Crippen molar-refractivity contribution in [3.8, 4) is 5.75 Å². The Bertz CT molecular complexity index is 406. The van der Waals surface area contributed by atoms with E-state index in [-0.39, 0.29) is 0 Å². The minimum atomic E-state index is 0.790. The van der Waals surface area contributed by atoms with Crippen LogP contribution in [0.2, 0.25) is 0 Å². The van der Waals surface area contributed by atoms with Crippen LogP contribution in [0.5, 0.6) is 5.75 Å². The molecule has 1 aliphatic heterocycles. The first-order valence-corrected chi connectivity index (χ1v) is 8.61. The molecule has 0 atom stereocenters. The van der Waals surface area contributed by atoms with Gasteiger partial charge in [-0.3, -0.25) is 4.90 Å². The summed E-state index contributed by atoms with van der Waals surface area (Å²) in [4.78, 5) is 2.50. The second-order valence-corrected chi connectivity index (χ2v) is 5.83. The molecule has 2 rings (SSSR count). The molecule has 0 unspecified atom stereocenters. The molecule has 1 N–H and O–H groups in total. The zero-order valence-electron chi connectivity index (χ0n) is 13.9. The van der Waals surface area contributed by atoms with E-state index in [2.05, 4.69) is 35.3 Å². The Morgan fingerprint density at radius 1 is 1.23 bits per heavy atom. The van der Waals surface area contributed by atoms with Crippen LogP contribution in [0.3, 0.4) is 0 Å². The van der Waals surface area contributed by atoms with Gasteiger partial charge in [0.15, 0.2) is 0 Å². The van der Waals surface area contributed by atoms with Gasteiger partial charge in [0.1, 0.15) is 5.75 Å². The van der Waals surface area contributed by atoms with Gasteiger partial charge < -0.3 is 14.8 Å². The van der Waals surface area contributed by atoms with Crippen molar-refractivity contribution in [1.82, 2.24) is 10.2 Å². The van der Waals surface area contributed by atoms with Crippen molar-refractivity contribution in [2.75, 3.05) is 46.0 Å². The Morgan fingerprint density at radius 2 is 2.09 bits per heavy atom. The lowest BCUT2D eigenvalue weighted by molar-refractivity contribution is 0.0372. The Balaban J connectivity index is 1.54. The molecule has 0 aromatic heterocycles. The lowest BCUT2D eigenvalue weighted by Gasteiger charge is -2.26. The Labute approximate surface area is 134 Å². The number of nitrogens with one attached hydrogen (secondary N) is 1. The van der Waals surface area contributed by atoms with E-state index in [1.54, 1.807) is 0 Å². The molecule has 0 spiro atoms. The van der Waals surface area contributed by atoms with Crippen LogP contribution in [-0.4, -0.2) is 50.9 Å². The third-order valence-electron chi connectivity index (χ3n) is 3.88. The highest BCUT2D eigenvalue weighted by atomic mass is 16.5. The van der Waals surface area contributed by atoms with E-state index in [1.807, 2.05) is 6.07 Å². The number of hydrogen-bond donors (Lipinski definition) is 1. The molecule has 0 aliphatic carbocycles. The summed E-state index contributed by atoms with van der Waals surface area (Å²) in [5.74, 6) is 0.980. The maximum absolute atomic E-state index is 5.66. The van der Waals surface area contributed by atoms with Crippen LogP contribution in [0, 0.1) is 0 Å². The monoisotopic (exact) mass is 306 g/mol. The fraction of sp³-hybridized carbons (Fsp3) is 0.667. The maximum atomic E-state index is 5.66. The quantitative estimate of drug-likeness (QED) is 0.674. The van der Waals surface area contributed by atoms with Crippen molar-refractivity contribution in [3.05, 3.63) is 29.8 Å². The summed E-state index contributed by atoms with van der Waals surface area (Å²) >= 11 is 0. The molecule has 0 amide bonds. The van der Waals surface area contributed by atoms with Gasteiger partial charge in [-0.05, 0) is 50.0 Å². The second kappa shape index (κ2) is 10.6. The minimum absolute atomic E-state index is 0.790. The number of benzene rings is 1. The molecule has 1 heterocycles. The highest BCUT2D eigenvalue weighted by Crippen LogP contribution is 2.13. The lowest BCUT2D eigenvalue weighted by Crippen LogP contribution is -2.37. The smallest absolute Gasteiger partial charge is 0.119 e. The van der Waals surface area contributed by atoms with Crippen LogP contribution in [0.15, 0.2) is 24.3 Å². The van der Waals surface area contributed by atoms with E-state index in [1.165, 1.54) is 24.9 Å². The molecule has 1 fully saturated rings. The minimum Gasteiger partial charge on any atom is -0.494 e. The van der Waals surface area contributed by atoms with Crippen LogP contribution >= 0.6 is 0 Å². The van der Waals surface area contributed by atoms with Crippen LogP contribution in [-0.2, 0) is 11.3 Å². The molecule has 0 radical (unpaired) electrons. The van der Waals surface area contributed by atoms with Gasteiger partial charge in [-0.1, -0.05) is 19.1 Å². The molecule has 1 aliphatic rings. The number of morpholine rings is 1. The predicted molar refractivity (Wildman–Crippen MR) is 90.4 cm³/mol. The summed E-state index contributed by atoms with van der Waals surface area (Å²) in [5, 5.41) is 3.52. The van der Waals surface area contributed by atoms with Crippen molar-refractivity contribution in [2.24, 2.45) is 0 Å². The fourth-order valence-corrected chi connectivity index (χ4v) is 2.61. The van der Waals surface area contributed by atoms with Crippen molar-refractivity contribution >= 4 is 0 Å². The topological polar surface area (TPSA) is 33.7 Å². The summed E-state index contributed by atoms with van der Waals surface area (Å²) < 4.78 is 11.0. The molecule has 0 bridgehead atoms. The molecule has 1 saturated heterocycles. The number of hydrogen-bond acceptors (Lipinski definition) is 4. The first-order valence-electron chi connectivity index (χ1n) is 8.61. The average molecular weight is 306 g/mol. The molecule has 4 nitrogen and oxygen atoms in total. The molecule has 1 aromatic rings. The van der Waals surface area contributed by atoms with Crippen LogP contribution in [0.1, 0.15) is 31.7 Å². The third kappa shape index (κ3) is 6.77. The van der Waals surface area contributed by atoms with E-state index >= 15 is 0 Å². The lowest BCUT2D eigenvalue weighted by atomic mass is 10.2. The molecule has 4 heteroatoms. The number of nitrogens with zero attached hydrogens (tertiary/aromatic N) is 1. The van der Waals surface area contributed by atoms with Gasteiger partial charge in [0, 0.05) is 19.6 Å². The fourth-order valence-electron chi connectivity index (χ4n) is 2.61. The Morgan fingerprint density at radius 3 is 2.91 bits per heavy atom. The summed E-state index contributed by atoms with van der Waals surface area (Å²) in [6.45, 7) is 10.1. The van der Waals surface area contributed by atoms with Gasteiger partial charge >= 0.3 is 0 Å². The summed E-state index contributed by atoms with van der Waals surface area (Å²) in [6, 6.07) is 8.39. The SMILES string of the molecule is CCCOc1cccc(CNCCCCN2CCOCC2)c1. The Hall–Kier alpha value is -1.10. The van der Waals surface area contributed by atoms with Crippen molar-refractivity contribution in [3.63, 3.8) is 0 Å². The van der Waals surface area contributed by atoms with Crippen LogP contribution in [0.25, 0.3) is 0 Å². The predicted octanol–water partition coefficient (Wildman–Crippen LogP) is 2.68. The second-order valence-electron chi connectivity index (χ2n) is 5.83. The molecule has 1 aromatic carbocycles. The zero-order chi connectivity index (χ0) is 15.5. The first-order chi connectivity index (χ1) is 10.9. The largest absolute Gasteiger partial charge is 0.494 e. The normalized spacial score (nSPS) is 15.9. The first kappa shape index (κ1) is 17.3. The van der Waals surface area contributed by atoms with Gasteiger partial charge in [-0.2, -0.15) is 0 Å². The molecule has 0 saturated carbocycles. The standard InChI is InChI=1S/C18H30N2O2/c1-2-12-22-18-7-5-6-17(15-18)16-19-8-3-4-9-20-10-13-21-14-11-20/h5-7,15,19H,2-4,8-14,16H2,1H3. The zero-order valence-corrected chi connectivity index (χ0v) is 13.9. The highest BCUT2D eigenvalue weighted by molar-refractivity contribution is 5.28. The van der Waals surface area contributed by atoms with Gasteiger partial charge in [0.05, 0.1) is 19.8 Å². The van der Waals surface area contributed by atoms with Crippen molar-refractivity contribution in [1.29, 1.82) is 0 Å². The Kier molecular flexibility index (Phi) is 8.31.